The van der Waals surface area contributed by atoms with E-state index in [9.17, 15) is 0 Å². The van der Waals surface area contributed by atoms with Crippen LogP contribution in [0.2, 0.25) is 0 Å². The second kappa shape index (κ2) is 10.7. The summed E-state index contributed by atoms with van der Waals surface area (Å²) in [6, 6.07) is 9.63. The lowest BCUT2D eigenvalue weighted by Crippen LogP contribution is -1.87. The minimum Gasteiger partial charge on any atom is -0.359 e. The van der Waals surface area contributed by atoms with Gasteiger partial charge in [-0.1, -0.05) is 25.6 Å². The van der Waals surface area contributed by atoms with Gasteiger partial charge in [-0.15, -0.1) is 0 Å². The first-order chi connectivity index (χ1) is 6.76. The van der Waals surface area contributed by atoms with Crippen LogP contribution in [0.1, 0.15) is 18.6 Å². The van der Waals surface area contributed by atoms with Gasteiger partial charge in [0.2, 0.25) is 0 Å². The fourth-order valence-electron chi connectivity index (χ4n) is 0.816. The molecule has 1 aromatic rings. The van der Waals surface area contributed by atoms with Crippen LogP contribution in [0, 0.1) is 18.3 Å². The fourth-order valence-corrected chi connectivity index (χ4v) is 0.816. The number of aryl methyl sites for hydroxylation is 1. The van der Waals surface area contributed by atoms with E-state index >= 15 is 0 Å². The van der Waals surface area contributed by atoms with E-state index in [0.29, 0.717) is 6.79 Å². The van der Waals surface area contributed by atoms with Crippen LogP contribution in [-0.4, -0.2) is 21.0 Å². The number of nitrogens with zero attached hydrogens (tertiary/aromatic N) is 1. The van der Waals surface area contributed by atoms with Crippen molar-refractivity contribution in [2.24, 2.45) is 0 Å². The Bertz CT molecular complexity index is 290. The van der Waals surface area contributed by atoms with Gasteiger partial charge in [0.1, 0.15) is 6.79 Å². The Morgan fingerprint density at radius 3 is 2.00 bits per heavy atom. The molecule has 0 atom stereocenters. The average molecular weight is 209 g/mol. The van der Waals surface area contributed by atoms with E-state index in [1.807, 2.05) is 31.2 Å². The van der Waals surface area contributed by atoms with Gasteiger partial charge >= 0.3 is 0 Å². The molecule has 0 fully saturated rings. The van der Waals surface area contributed by atoms with E-state index in [4.69, 9.17) is 5.26 Å². The maximum absolute atomic E-state index is 8.47. The molecule has 0 aliphatic rings. The number of rotatable bonds is 2. The molecule has 3 nitrogen and oxygen atoms in total. The van der Waals surface area contributed by atoms with E-state index in [0.717, 1.165) is 11.1 Å². The largest absolute Gasteiger partial charge is 0.359 e. The maximum Gasteiger partial charge on any atom is 0.145 e. The van der Waals surface area contributed by atoms with Crippen molar-refractivity contribution < 1.29 is 9.47 Å². The maximum atomic E-state index is 8.47. The summed E-state index contributed by atoms with van der Waals surface area (Å²) < 4.78 is 8.94. The molecule has 0 unspecified atom stereocenters. The highest BCUT2D eigenvalue weighted by Crippen LogP contribution is 2.03. The summed E-state index contributed by atoms with van der Waals surface area (Å²) in [5, 5.41) is 8.47. The topological polar surface area (TPSA) is 42.2 Å². The third-order valence-electron chi connectivity index (χ3n) is 1.50. The van der Waals surface area contributed by atoms with Crippen molar-refractivity contribution in [1.29, 1.82) is 5.26 Å². The summed E-state index contributed by atoms with van der Waals surface area (Å²) >= 11 is 0. The van der Waals surface area contributed by atoms with Gasteiger partial charge in [-0.3, -0.25) is 0 Å². The van der Waals surface area contributed by atoms with E-state index in [1.165, 1.54) is 0 Å². The Kier molecular flexibility index (Phi) is 11.5. The van der Waals surface area contributed by atoms with Gasteiger partial charge in [-0.2, -0.15) is 5.26 Å². The van der Waals surface area contributed by atoms with Crippen molar-refractivity contribution in [2.75, 3.05) is 21.0 Å². The molecule has 0 aliphatic carbocycles. The number of hydrogen-bond acceptors (Lipinski definition) is 3. The highest BCUT2D eigenvalue weighted by molar-refractivity contribution is 5.35. The van der Waals surface area contributed by atoms with Gasteiger partial charge < -0.3 is 9.47 Å². The smallest absolute Gasteiger partial charge is 0.145 e. The zero-order valence-electron chi connectivity index (χ0n) is 8.78. The van der Waals surface area contributed by atoms with Crippen molar-refractivity contribution >= 4 is 0 Å². The molecule has 1 aromatic carbocycles. The molecule has 0 N–H and O–H groups in total. The van der Waals surface area contributed by atoms with Gasteiger partial charge in [-0.25, -0.2) is 0 Å². The van der Waals surface area contributed by atoms with Crippen LogP contribution in [0.4, 0.5) is 0 Å². The van der Waals surface area contributed by atoms with Gasteiger partial charge in [-0.05, 0) is 18.6 Å². The fraction of sp³-hybridized carbons (Fsp3) is 0.417. The molecule has 15 heavy (non-hydrogen) atoms. The second-order valence-electron chi connectivity index (χ2n) is 2.62. The van der Waals surface area contributed by atoms with Crippen LogP contribution in [-0.2, 0) is 9.47 Å². The Labute approximate surface area is 92.3 Å². The van der Waals surface area contributed by atoms with Crippen molar-refractivity contribution in [1.82, 2.24) is 0 Å². The Morgan fingerprint density at radius 2 is 1.73 bits per heavy atom. The molecule has 0 radical (unpaired) electrons. The summed E-state index contributed by atoms with van der Waals surface area (Å²) in [5.74, 6) is 0. The lowest BCUT2D eigenvalue weighted by molar-refractivity contribution is -0.00271. The molecule has 0 spiro atoms. The Hall–Kier alpha value is -1.37. The molecular weight excluding hydrogens is 190 g/mol. The summed E-state index contributed by atoms with van der Waals surface area (Å²) in [6.45, 7) is 2.32. The van der Waals surface area contributed by atoms with E-state index in [2.05, 4.69) is 15.5 Å². The van der Waals surface area contributed by atoms with E-state index in [1.54, 1.807) is 14.2 Å². The molecule has 3 heteroatoms. The van der Waals surface area contributed by atoms with Crippen molar-refractivity contribution in [3.63, 3.8) is 0 Å². The monoisotopic (exact) mass is 209 g/mol. The van der Waals surface area contributed by atoms with Crippen molar-refractivity contribution in [2.45, 2.75) is 14.4 Å². The van der Waals surface area contributed by atoms with Crippen LogP contribution >= 0.6 is 0 Å². The van der Waals surface area contributed by atoms with Gasteiger partial charge in [0.25, 0.3) is 0 Å². The highest BCUT2D eigenvalue weighted by atomic mass is 16.6. The summed E-state index contributed by atoms with van der Waals surface area (Å²) in [6.07, 6.45) is 0. The quantitative estimate of drug-likeness (QED) is 0.703. The number of benzene rings is 1. The first kappa shape index (κ1) is 16.1. The van der Waals surface area contributed by atoms with Crippen molar-refractivity contribution in [3.05, 3.63) is 35.4 Å². The molecule has 0 aromatic heterocycles. The zero-order chi connectivity index (χ0) is 10.8. The number of nitriles is 1. The predicted octanol–water partition coefficient (Wildman–Crippen LogP) is 2.74. The lowest BCUT2D eigenvalue weighted by atomic mass is 10.1. The Morgan fingerprint density at radius 1 is 1.20 bits per heavy atom. The standard InChI is InChI=1S/C8H7N.C3H8O2.CH4/c1-7-4-2-3-5-8(7)6-9;1-4-3-5-2;/h2-5H,1H3;3H2,1-2H3;1H4. The second-order valence-corrected chi connectivity index (χ2v) is 2.62. The third-order valence-corrected chi connectivity index (χ3v) is 1.50. The van der Waals surface area contributed by atoms with Gasteiger partial charge in [0.15, 0.2) is 0 Å². The highest BCUT2D eigenvalue weighted by Gasteiger charge is 1.89. The summed E-state index contributed by atoms with van der Waals surface area (Å²) in [4.78, 5) is 0. The summed E-state index contributed by atoms with van der Waals surface area (Å²) in [7, 11) is 3.17. The third kappa shape index (κ3) is 7.68. The molecule has 1 rings (SSSR count). The lowest BCUT2D eigenvalue weighted by Gasteiger charge is -1.90. The van der Waals surface area contributed by atoms with Crippen LogP contribution < -0.4 is 0 Å². The Balaban J connectivity index is 0. The zero-order valence-corrected chi connectivity index (χ0v) is 8.78. The first-order valence-electron chi connectivity index (χ1n) is 4.19. The average Bonchev–Trinajstić information content (AvgIpc) is 2.21. The van der Waals surface area contributed by atoms with Crippen LogP contribution in [0.25, 0.3) is 0 Å². The number of methoxy groups -OCH3 is 2. The number of hydrogen-bond donors (Lipinski definition) is 0. The molecule has 84 valence electrons. The molecule has 0 amide bonds. The molecule has 0 bridgehead atoms. The van der Waals surface area contributed by atoms with Crippen LogP contribution in [0.3, 0.4) is 0 Å². The van der Waals surface area contributed by atoms with Crippen LogP contribution in [0.5, 0.6) is 0 Å². The summed E-state index contributed by atoms with van der Waals surface area (Å²) in [5.41, 5.74) is 1.80. The normalized spacial score (nSPS) is 7.87. The molecular formula is C12H19NO2. The number of ether oxygens (including phenoxy) is 2. The molecule has 0 heterocycles. The SMILES string of the molecule is C.COCOC.Cc1ccccc1C#N. The van der Waals surface area contributed by atoms with E-state index < -0.39 is 0 Å². The van der Waals surface area contributed by atoms with Gasteiger partial charge in [0, 0.05) is 14.2 Å². The van der Waals surface area contributed by atoms with Gasteiger partial charge in [0.05, 0.1) is 11.6 Å². The first-order valence-corrected chi connectivity index (χ1v) is 4.19. The predicted molar refractivity (Wildman–Crippen MR) is 61.5 cm³/mol. The minimum absolute atomic E-state index is 0. The molecule has 0 aliphatic heterocycles. The minimum atomic E-state index is 0. The van der Waals surface area contributed by atoms with E-state index in [-0.39, 0.29) is 7.43 Å². The van der Waals surface area contributed by atoms with Crippen molar-refractivity contribution in [3.8, 4) is 6.07 Å². The molecule has 0 saturated carbocycles. The van der Waals surface area contributed by atoms with Crippen LogP contribution in [0.15, 0.2) is 24.3 Å². The molecule has 0 saturated heterocycles.